The van der Waals surface area contributed by atoms with Gasteiger partial charge in [-0.2, -0.15) is 0 Å². The Bertz CT molecular complexity index is 937. The molecule has 2 aromatic heterocycles. The van der Waals surface area contributed by atoms with Gasteiger partial charge in [-0.05, 0) is 11.1 Å². The van der Waals surface area contributed by atoms with E-state index in [9.17, 15) is 0 Å². The standard InChI is InChI=1S/C20H16N4/c1-2-5-15(6-3-1)9-10-16-7-4-8-17(19-21-11-12-22-19)18(16)20-23-13-14-24-20/h1-14H,(H,21,22)(H,23,24). The van der Waals surface area contributed by atoms with E-state index in [1.54, 1.807) is 12.4 Å². The van der Waals surface area contributed by atoms with Gasteiger partial charge in [-0.25, -0.2) is 9.97 Å². The maximum atomic E-state index is 4.44. The molecule has 0 saturated heterocycles. The molecule has 116 valence electrons. The Hall–Kier alpha value is -3.40. The number of hydrogen-bond donors (Lipinski definition) is 2. The van der Waals surface area contributed by atoms with Crippen LogP contribution in [-0.2, 0) is 0 Å². The Kier molecular flexibility index (Phi) is 3.78. The van der Waals surface area contributed by atoms with Crippen molar-refractivity contribution < 1.29 is 0 Å². The van der Waals surface area contributed by atoms with Gasteiger partial charge in [0.05, 0.1) is 0 Å². The number of nitrogens with one attached hydrogen (secondary N) is 2. The first-order valence-corrected chi connectivity index (χ1v) is 7.77. The minimum Gasteiger partial charge on any atom is -0.345 e. The molecule has 0 spiro atoms. The third-order valence-electron chi connectivity index (χ3n) is 3.84. The zero-order valence-corrected chi connectivity index (χ0v) is 13.0. The summed E-state index contributed by atoms with van der Waals surface area (Å²) in [6, 6.07) is 16.4. The SMILES string of the molecule is C(=Cc1cccc(-c2ncc[nH]2)c1-c1ncc[nH]1)c1ccccc1. The van der Waals surface area contributed by atoms with Crippen LogP contribution < -0.4 is 0 Å². The minimum absolute atomic E-state index is 0.828. The maximum absolute atomic E-state index is 4.44. The van der Waals surface area contributed by atoms with Crippen LogP contribution in [0.15, 0.2) is 73.3 Å². The highest BCUT2D eigenvalue weighted by molar-refractivity contribution is 5.87. The molecule has 0 fully saturated rings. The molecule has 0 unspecified atom stereocenters. The monoisotopic (exact) mass is 312 g/mol. The van der Waals surface area contributed by atoms with Crippen molar-refractivity contribution >= 4 is 12.2 Å². The van der Waals surface area contributed by atoms with E-state index in [1.807, 2.05) is 36.7 Å². The topological polar surface area (TPSA) is 57.4 Å². The zero-order chi connectivity index (χ0) is 16.2. The first kappa shape index (κ1) is 14.2. The lowest BCUT2D eigenvalue weighted by molar-refractivity contribution is 1.27. The first-order chi connectivity index (χ1) is 11.9. The van der Waals surface area contributed by atoms with Crippen molar-refractivity contribution in [2.45, 2.75) is 0 Å². The predicted molar refractivity (Wildman–Crippen MR) is 97.0 cm³/mol. The number of benzene rings is 2. The van der Waals surface area contributed by atoms with Crippen molar-refractivity contribution in [2.24, 2.45) is 0 Å². The summed E-state index contributed by atoms with van der Waals surface area (Å²) >= 11 is 0. The normalized spacial score (nSPS) is 11.2. The number of hydrogen-bond acceptors (Lipinski definition) is 2. The lowest BCUT2D eigenvalue weighted by atomic mass is 9.98. The van der Waals surface area contributed by atoms with Gasteiger partial charge in [0.1, 0.15) is 11.6 Å². The van der Waals surface area contributed by atoms with Gasteiger partial charge in [0.15, 0.2) is 0 Å². The Balaban J connectivity index is 1.85. The van der Waals surface area contributed by atoms with Gasteiger partial charge >= 0.3 is 0 Å². The van der Waals surface area contributed by atoms with Gasteiger partial charge < -0.3 is 9.97 Å². The molecule has 0 aliphatic rings. The fourth-order valence-corrected chi connectivity index (χ4v) is 2.74. The van der Waals surface area contributed by atoms with Crippen LogP contribution in [0.25, 0.3) is 34.9 Å². The lowest BCUT2D eigenvalue weighted by Crippen LogP contribution is -1.92. The van der Waals surface area contributed by atoms with Crippen molar-refractivity contribution in [2.75, 3.05) is 0 Å². The molecule has 0 saturated carbocycles. The van der Waals surface area contributed by atoms with E-state index in [0.29, 0.717) is 0 Å². The van der Waals surface area contributed by atoms with Crippen LogP contribution in [0, 0.1) is 0 Å². The summed E-state index contributed by atoms with van der Waals surface area (Å²) in [5.74, 6) is 1.66. The van der Waals surface area contributed by atoms with Crippen LogP contribution in [0.5, 0.6) is 0 Å². The molecule has 24 heavy (non-hydrogen) atoms. The molecule has 4 aromatic rings. The van der Waals surface area contributed by atoms with Gasteiger partial charge in [-0.15, -0.1) is 0 Å². The second-order valence-corrected chi connectivity index (χ2v) is 5.39. The summed E-state index contributed by atoms with van der Waals surface area (Å²) in [7, 11) is 0. The van der Waals surface area contributed by atoms with Gasteiger partial charge in [0, 0.05) is 35.9 Å². The summed E-state index contributed by atoms with van der Waals surface area (Å²) in [5.41, 5.74) is 4.30. The number of aromatic nitrogens is 4. The lowest BCUT2D eigenvalue weighted by Gasteiger charge is -2.09. The molecule has 0 amide bonds. The van der Waals surface area contributed by atoms with Gasteiger partial charge in [0.25, 0.3) is 0 Å². The molecule has 0 aliphatic carbocycles. The van der Waals surface area contributed by atoms with E-state index in [2.05, 4.69) is 56.4 Å². The van der Waals surface area contributed by atoms with E-state index in [1.165, 1.54) is 0 Å². The van der Waals surface area contributed by atoms with Crippen LogP contribution in [0.2, 0.25) is 0 Å². The minimum atomic E-state index is 0.828. The van der Waals surface area contributed by atoms with E-state index >= 15 is 0 Å². The highest BCUT2D eigenvalue weighted by Crippen LogP contribution is 2.32. The second kappa shape index (κ2) is 6.38. The molecule has 2 N–H and O–H groups in total. The van der Waals surface area contributed by atoms with Crippen molar-refractivity contribution in [1.29, 1.82) is 0 Å². The summed E-state index contributed by atoms with van der Waals surface area (Å²) in [5, 5.41) is 0. The first-order valence-electron chi connectivity index (χ1n) is 7.77. The molecule has 0 atom stereocenters. The molecule has 4 nitrogen and oxygen atoms in total. The number of imidazole rings is 2. The summed E-state index contributed by atoms with van der Waals surface area (Å²) < 4.78 is 0. The fourth-order valence-electron chi connectivity index (χ4n) is 2.74. The fraction of sp³-hybridized carbons (Fsp3) is 0. The average molecular weight is 312 g/mol. The largest absolute Gasteiger partial charge is 0.345 e. The van der Waals surface area contributed by atoms with E-state index < -0.39 is 0 Å². The van der Waals surface area contributed by atoms with Crippen LogP contribution in [0.3, 0.4) is 0 Å². The molecular weight excluding hydrogens is 296 g/mol. The quantitative estimate of drug-likeness (QED) is 0.539. The van der Waals surface area contributed by atoms with E-state index in [-0.39, 0.29) is 0 Å². The van der Waals surface area contributed by atoms with E-state index in [4.69, 9.17) is 0 Å². The molecule has 0 aliphatic heterocycles. The highest BCUT2D eigenvalue weighted by atomic mass is 14.9. The van der Waals surface area contributed by atoms with Crippen molar-refractivity contribution in [3.63, 3.8) is 0 Å². The number of H-pyrrole nitrogens is 2. The second-order valence-electron chi connectivity index (χ2n) is 5.39. The molecule has 2 aromatic carbocycles. The number of aromatic amines is 2. The van der Waals surface area contributed by atoms with Crippen molar-refractivity contribution in [3.05, 3.63) is 84.4 Å². The number of nitrogens with zero attached hydrogens (tertiary/aromatic N) is 2. The van der Waals surface area contributed by atoms with Crippen molar-refractivity contribution in [1.82, 2.24) is 19.9 Å². The zero-order valence-electron chi connectivity index (χ0n) is 13.0. The van der Waals surface area contributed by atoms with Crippen LogP contribution in [-0.4, -0.2) is 19.9 Å². The van der Waals surface area contributed by atoms with Gasteiger partial charge in [-0.1, -0.05) is 60.7 Å². The molecule has 4 heteroatoms. The molecule has 0 radical (unpaired) electrons. The van der Waals surface area contributed by atoms with Crippen LogP contribution in [0.4, 0.5) is 0 Å². The maximum Gasteiger partial charge on any atom is 0.138 e. The summed E-state index contributed by atoms with van der Waals surface area (Å²) in [6.07, 6.45) is 11.4. The van der Waals surface area contributed by atoms with Gasteiger partial charge in [0.2, 0.25) is 0 Å². The molecular formula is C20H16N4. The van der Waals surface area contributed by atoms with Crippen LogP contribution >= 0.6 is 0 Å². The van der Waals surface area contributed by atoms with Crippen LogP contribution in [0.1, 0.15) is 11.1 Å². The van der Waals surface area contributed by atoms with E-state index in [0.717, 1.165) is 33.9 Å². The predicted octanol–water partition coefficient (Wildman–Crippen LogP) is 4.64. The van der Waals surface area contributed by atoms with Gasteiger partial charge in [-0.3, -0.25) is 0 Å². The summed E-state index contributed by atoms with van der Waals surface area (Å²) in [4.78, 5) is 15.2. The smallest absolute Gasteiger partial charge is 0.138 e. The third kappa shape index (κ3) is 2.77. The highest BCUT2D eigenvalue weighted by Gasteiger charge is 2.14. The summed E-state index contributed by atoms with van der Waals surface area (Å²) in [6.45, 7) is 0. The third-order valence-corrected chi connectivity index (χ3v) is 3.84. The molecule has 0 bridgehead atoms. The molecule has 2 heterocycles. The Morgan fingerprint density at radius 3 is 2.17 bits per heavy atom. The Morgan fingerprint density at radius 1 is 0.708 bits per heavy atom. The molecule has 4 rings (SSSR count). The van der Waals surface area contributed by atoms with Crippen molar-refractivity contribution in [3.8, 4) is 22.8 Å². The number of rotatable bonds is 4. The Labute approximate surface area is 140 Å². The Morgan fingerprint density at radius 2 is 1.46 bits per heavy atom. The average Bonchev–Trinajstić information content (AvgIpc) is 3.34.